The van der Waals surface area contributed by atoms with Crippen molar-refractivity contribution >= 4 is 33.8 Å². The van der Waals surface area contributed by atoms with Crippen molar-refractivity contribution in [1.29, 1.82) is 0 Å². The molecule has 2 rings (SSSR count). The van der Waals surface area contributed by atoms with E-state index in [1.807, 2.05) is 0 Å². The number of thiophene rings is 1. The third-order valence-corrected chi connectivity index (χ3v) is 4.36. The standard InChI is InChI=1S/C12H18N4O3S/c1-15-11(18)9-8(13)7(10(14)17)12(20-9)16-4-6-2-3-19-5-6/h6,16H,2-5,13H2,1H3,(H2,14,17)(H,15,18). The van der Waals surface area contributed by atoms with Crippen molar-refractivity contribution < 1.29 is 14.3 Å². The van der Waals surface area contributed by atoms with E-state index in [1.165, 1.54) is 7.05 Å². The van der Waals surface area contributed by atoms with Crippen molar-refractivity contribution in [2.75, 3.05) is 37.9 Å². The van der Waals surface area contributed by atoms with Crippen molar-refractivity contribution in [3.8, 4) is 0 Å². The molecule has 1 aromatic rings. The summed E-state index contributed by atoms with van der Waals surface area (Å²) in [4.78, 5) is 23.5. The minimum atomic E-state index is -0.640. The van der Waals surface area contributed by atoms with E-state index in [-0.39, 0.29) is 17.2 Å². The summed E-state index contributed by atoms with van der Waals surface area (Å²) in [6.07, 6.45) is 0.974. The van der Waals surface area contributed by atoms with Crippen LogP contribution in [-0.2, 0) is 4.74 Å². The van der Waals surface area contributed by atoms with E-state index < -0.39 is 5.91 Å². The molecule has 1 aliphatic heterocycles. The molecule has 8 heteroatoms. The number of anilines is 2. The predicted octanol–water partition coefficient (Wildman–Crippen LogP) is 0.237. The van der Waals surface area contributed by atoms with Crippen LogP contribution in [0.5, 0.6) is 0 Å². The average molecular weight is 298 g/mol. The highest BCUT2D eigenvalue weighted by Gasteiger charge is 2.24. The number of hydrogen-bond acceptors (Lipinski definition) is 6. The van der Waals surface area contributed by atoms with Crippen molar-refractivity contribution in [3.05, 3.63) is 10.4 Å². The second-order valence-corrected chi connectivity index (χ2v) is 5.62. The van der Waals surface area contributed by atoms with Gasteiger partial charge in [-0.2, -0.15) is 0 Å². The van der Waals surface area contributed by atoms with Crippen LogP contribution in [0.25, 0.3) is 0 Å². The number of carbonyl (C=O) groups is 2. The Balaban J connectivity index is 2.21. The van der Waals surface area contributed by atoms with Crippen molar-refractivity contribution in [1.82, 2.24) is 5.32 Å². The molecule has 6 N–H and O–H groups in total. The topological polar surface area (TPSA) is 119 Å². The van der Waals surface area contributed by atoms with Crippen LogP contribution in [0.3, 0.4) is 0 Å². The highest BCUT2D eigenvalue weighted by molar-refractivity contribution is 7.19. The summed E-state index contributed by atoms with van der Waals surface area (Å²) < 4.78 is 5.29. The Morgan fingerprint density at radius 2 is 2.25 bits per heavy atom. The number of amides is 2. The SMILES string of the molecule is CNC(=O)c1sc(NCC2CCOC2)c(C(N)=O)c1N. The molecule has 1 saturated heterocycles. The van der Waals surface area contributed by atoms with E-state index in [4.69, 9.17) is 16.2 Å². The molecule has 0 radical (unpaired) electrons. The molecule has 1 unspecified atom stereocenters. The van der Waals surface area contributed by atoms with E-state index >= 15 is 0 Å². The van der Waals surface area contributed by atoms with Gasteiger partial charge in [-0.1, -0.05) is 0 Å². The van der Waals surface area contributed by atoms with E-state index in [9.17, 15) is 9.59 Å². The summed E-state index contributed by atoms with van der Waals surface area (Å²) in [5.74, 6) is -0.575. The molecule has 2 heterocycles. The second-order valence-electron chi connectivity index (χ2n) is 4.60. The van der Waals surface area contributed by atoms with Crippen molar-refractivity contribution in [2.45, 2.75) is 6.42 Å². The number of rotatable bonds is 5. The van der Waals surface area contributed by atoms with Gasteiger partial charge in [0.25, 0.3) is 11.8 Å². The van der Waals surface area contributed by atoms with Gasteiger partial charge in [-0.15, -0.1) is 11.3 Å². The fraction of sp³-hybridized carbons (Fsp3) is 0.500. The predicted molar refractivity (Wildman–Crippen MR) is 78.1 cm³/mol. The number of carbonyl (C=O) groups excluding carboxylic acids is 2. The minimum Gasteiger partial charge on any atom is -0.397 e. The molecule has 1 aliphatic rings. The Labute approximate surface area is 120 Å². The quantitative estimate of drug-likeness (QED) is 0.620. The maximum Gasteiger partial charge on any atom is 0.263 e. The first kappa shape index (κ1) is 14.6. The van der Waals surface area contributed by atoms with Crippen LogP contribution >= 0.6 is 11.3 Å². The molecule has 1 aromatic heterocycles. The fourth-order valence-electron chi connectivity index (χ4n) is 2.08. The summed E-state index contributed by atoms with van der Waals surface area (Å²) in [6.45, 7) is 2.11. The van der Waals surface area contributed by atoms with Crippen LogP contribution in [0.1, 0.15) is 26.5 Å². The first-order valence-corrected chi connectivity index (χ1v) is 7.12. The van der Waals surface area contributed by atoms with Crippen molar-refractivity contribution in [2.24, 2.45) is 11.7 Å². The number of ether oxygens (including phenoxy) is 1. The van der Waals surface area contributed by atoms with Crippen LogP contribution in [0, 0.1) is 5.92 Å². The number of nitrogens with two attached hydrogens (primary N) is 2. The molecule has 7 nitrogen and oxygen atoms in total. The van der Waals surface area contributed by atoms with Gasteiger partial charge in [0, 0.05) is 26.1 Å². The smallest absolute Gasteiger partial charge is 0.263 e. The van der Waals surface area contributed by atoms with E-state index in [0.717, 1.165) is 24.4 Å². The van der Waals surface area contributed by atoms with Gasteiger partial charge in [-0.05, 0) is 6.42 Å². The summed E-state index contributed by atoms with van der Waals surface area (Å²) in [5.41, 5.74) is 11.5. The molecular weight excluding hydrogens is 280 g/mol. The Hall–Kier alpha value is -1.80. The number of nitrogen functional groups attached to an aromatic ring is 1. The number of primary amides is 1. The zero-order valence-corrected chi connectivity index (χ0v) is 12.0. The monoisotopic (exact) mass is 298 g/mol. The molecule has 0 spiro atoms. The molecule has 110 valence electrons. The third kappa shape index (κ3) is 2.86. The lowest BCUT2D eigenvalue weighted by molar-refractivity contribution is 0.0967. The van der Waals surface area contributed by atoms with Crippen LogP contribution in [-0.4, -0.2) is 38.6 Å². The van der Waals surface area contributed by atoms with Gasteiger partial charge in [-0.3, -0.25) is 9.59 Å². The summed E-state index contributed by atoms with van der Waals surface area (Å²) >= 11 is 1.14. The maximum atomic E-state index is 11.7. The normalized spacial score (nSPS) is 17.9. The minimum absolute atomic E-state index is 0.132. The summed E-state index contributed by atoms with van der Waals surface area (Å²) in [5, 5.41) is 6.19. The lowest BCUT2D eigenvalue weighted by Crippen LogP contribution is -2.19. The first-order chi connectivity index (χ1) is 9.54. The number of hydrogen-bond donors (Lipinski definition) is 4. The molecule has 0 saturated carbocycles. The molecular formula is C12H18N4O3S. The number of nitrogens with one attached hydrogen (secondary N) is 2. The lowest BCUT2D eigenvalue weighted by Gasteiger charge is -2.10. The van der Waals surface area contributed by atoms with Crippen LogP contribution in [0.15, 0.2) is 0 Å². The van der Waals surface area contributed by atoms with Gasteiger partial charge < -0.3 is 26.8 Å². The molecule has 0 aromatic carbocycles. The second kappa shape index (κ2) is 6.10. The van der Waals surface area contributed by atoms with Gasteiger partial charge in [0.2, 0.25) is 0 Å². The zero-order valence-electron chi connectivity index (χ0n) is 11.2. The molecule has 20 heavy (non-hydrogen) atoms. The van der Waals surface area contributed by atoms with Crippen LogP contribution < -0.4 is 22.1 Å². The molecule has 0 bridgehead atoms. The summed E-state index contributed by atoms with van der Waals surface area (Å²) in [6, 6.07) is 0. The fourth-order valence-corrected chi connectivity index (χ4v) is 3.16. The van der Waals surface area contributed by atoms with Gasteiger partial charge in [0.05, 0.1) is 17.9 Å². The molecule has 1 fully saturated rings. The average Bonchev–Trinajstić information content (AvgIpc) is 3.02. The molecule has 2 amide bonds. The van der Waals surface area contributed by atoms with Crippen LogP contribution in [0.2, 0.25) is 0 Å². The Morgan fingerprint density at radius 3 is 2.80 bits per heavy atom. The first-order valence-electron chi connectivity index (χ1n) is 6.30. The molecule has 1 atom stereocenters. The zero-order chi connectivity index (χ0) is 14.7. The summed E-state index contributed by atoms with van der Waals surface area (Å²) in [7, 11) is 1.51. The van der Waals surface area contributed by atoms with E-state index in [2.05, 4.69) is 10.6 Å². The van der Waals surface area contributed by atoms with Gasteiger partial charge in [0.15, 0.2) is 0 Å². The maximum absolute atomic E-state index is 11.7. The van der Waals surface area contributed by atoms with Gasteiger partial charge >= 0.3 is 0 Å². The lowest BCUT2D eigenvalue weighted by atomic mass is 10.1. The van der Waals surface area contributed by atoms with Gasteiger partial charge in [-0.25, -0.2) is 0 Å². The largest absolute Gasteiger partial charge is 0.397 e. The highest BCUT2D eigenvalue weighted by atomic mass is 32.1. The van der Waals surface area contributed by atoms with E-state index in [1.54, 1.807) is 0 Å². The van der Waals surface area contributed by atoms with Crippen LogP contribution in [0.4, 0.5) is 10.7 Å². The van der Waals surface area contributed by atoms with Crippen molar-refractivity contribution in [3.63, 3.8) is 0 Å². The Bertz CT molecular complexity index is 523. The van der Waals surface area contributed by atoms with E-state index in [0.29, 0.717) is 28.9 Å². The Kier molecular flexibility index (Phi) is 4.46. The third-order valence-electron chi connectivity index (χ3n) is 3.20. The highest BCUT2D eigenvalue weighted by Crippen LogP contribution is 2.35. The Morgan fingerprint density at radius 1 is 1.50 bits per heavy atom. The molecule has 0 aliphatic carbocycles. The van der Waals surface area contributed by atoms with Gasteiger partial charge in [0.1, 0.15) is 9.88 Å².